The number of hydrogen-bond donors (Lipinski definition) is 0. The Kier molecular flexibility index (Phi) is 2.83. The molecule has 0 aliphatic carbocycles. The molecule has 1 aromatic carbocycles. The molecular weight excluding hydrogens is 302 g/mol. The smallest absolute Gasteiger partial charge is 0.165 e. The van der Waals surface area contributed by atoms with E-state index in [2.05, 4.69) is 39.4 Å². The molecule has 2 aliphatic rings. The lowest BCUT2D eigenvalue weighted by Crippen LogP contribution is -2.42. The number of nitrogens with zero attached hydrogens (tertiary/aromatic N) is 5. The SMILES string of the molecule is Cc1nc(N2CC[C@@]3(CCc4ccccc4O3)C2)cc2nncn12. The molecular formula is C18H19N5O. The lowest BCUT2D eigenvalue weighted by molar-refractivity contribution is 0.0682. The Morgan fingerprint density at radius 3 is 3.08 bits per heavy atom. The van der Waals surface area contributed by atoms with Gasteiger partial charge < -0.3 is 9.64 Å². The third-order valence-electron chi connectivity index (χ3n) is 5.25. The van der Waals surface area contributed by atoms with Crippen LogP contribution in [0.4, 0.5) is 5.82 Å². The third-order valence-corrected chi connectivity index (χ3v) is 5.25. The number of ether oxygens (including phenoxy) is 1. The largest absolute Gasteiger partial charge is 0.485 e. The lowest BCUT2D eigenvalue weighted by Gasteiger charge is -2.35. The molecule has 1 atom stereocenters. The van der Waals surface area contributed by atoms with Gasteiger partial charge in [-0.3, -0.25) is 4.40 Å². The van der Waals surface area contributed by atoms with E-state index in [0.717, 1.165) is 55.4 Å². The normalized spacial score (nSPS) is 22.8. The summed E-state index contributed by atoms with van der Waals surface area (Å²) in [5.74, 6) is 2.92. The van der Waals surface area contributed by atoms with E-state index in [1.54, 1.807) is 6.33 Å². The summed E-state index contributed by atoms with van der Waals surface area (Å²) in [6, 6.07) is 10.4. The van der Waals surface area contributed by atoms with Gasteiger partial charge in [0.15, 0.2) is 5.65 Å². The Morgan fingerprint density at radius 2 is 2.12 bits per heavy atom. The summed E-state index contributed by atoms with van der Waals surface area (Å²) >= 11 is 0. The highest BCUT2D eigenvalue weighted by Gasteiger charge is 2.43. The van der Waals surface area contributed by atoms with Crippen molar-refractivity contribution in [2.75, 3.05) is 18.0 Å². The number of anilines is 1. The average Bonchev–Trinajstić information content (AvgIpc) is 3.22. The van der Waals surface area contributed by atoms with Crippen molar-refractivity contribution in [2.24, 2.45) is 0 Å². The van der Waals surface area contributed by atoms with Crippen LogP contribution in [0.25, 0.3) is 5.65 Å². The van der Waals surface area contributed by atoms with Crippen LogP contribution in [0.1, 0.15) is 24.2 Å². The molecule has 24 heavy (non-hydrogen) atoms. The molecule has 2 aliphatic heterocycles. The van der Waals surface area contributed by atoms with Gasteiger partial charge in [-0.05, 0) is 31.4 Å². The van der Waals surface area contributed by atoms with Crippen LogP contribution >= 0.6 is 0 Å². The Labute approximate surface area is 140 Å². The summed E-state index contributed by atoms with van der Waals surface area (Å²) in [6.07, 6.45) is 4.88. The molecule has 1 spiro atoms. The minimum atomic E-state index is -0.0935. The summed E-state index contributed by atoms with van der Waals surface area (Å²) in [4.78, 5) is 7.05. The first-order valence-corrected chi connectivity index (χ1v) is 8.42. The van der Waals surface area contributed by atoms with E-state index >= 15 is 0 Å². The van der Waals surface area contributed by atoms with E-state index in [0.29, 0.717) is 0 Å². The molecule has 2 aromatic heterocycles. The van der Waals surface area contributed by atoms with Gasteiger partial charge in [0.05, 0.1) is 6.54 Å². The number of aromatic nitrogens is 4. The number of aryl methyl sites for hydroxylation is 2. The minimum absolute atomic E-state index is 0.0935. The number of para-hydroxylation sites is 1. The van der Waals surface area contributed by atoms with Crippen molar-refractivity contribution < 1.29 is 4.74 Å². The maximum Gasteiger partial charge on any atom is 0.165 e. The van der Waals surface area contributed by atoms with Crippen LogP contribution in [0.5, 0.6) is 5.75 Å². The molecule has 3 aromatic rings. The van der Waals surface area contributed by atoms with Crippen LogP contribution in [0.3, 0.4) is 0 Å². The van der Waals surface area contributed by atoms with E-state index in [1.807, 2.05) is 17.4 Å². The number of hydrogen-bond acceptors (Lipinski definition) is 5. The summed E-state index contributed by atoms with van der Waals surface area (Å²) in [5.41, 5.74) is 2.07. The maximum absolute atomic E-state index is 6.43. The van der Waals surface area contributed by atoms with Gasteiger partial charge in [0.25, 0.3) is 0 Å². The standard InChI is InChI=1S/C18H19N5O/c1-13-20-16(10-17-21-19-12-23(13)17)22-9-8-18(11-22)7-6-14-4-2-3-5-15(14)24-18/h2-5,10,12H,6-9,11H2,1H3/t18-/m0/s1. The van der Waals surface area contributed by atoms with Gasteiger partial charge in [0.1, 0.15) is 29.3 Å². The Balaban J connectivity index is 1.44. The second-order valence-corrected chi connectivity index (χ2v) is 6.79. The predicted molar refractivity (Wildman–Crippen MR) is 90.5 cm³/mol. The van der Waals surface area contributed by atoms with Crippen molar-refractivity contribution in [1.29, 1.82) is 0 Å². The summed E-state index contributed by atoms with van der Waals surface area (Å²) in [5, 5.41) is 8.13. The van der Waals surface area contributed by atoms with Gasteiger partial charge in [0.2, 0.25) is 0 Å². The zero-order valence-electron chi connectivity index (χ0n) is 13.6. The topological polar surface area (TPSA) is 55.5 Å². The Hall–Kier alpha value is -2.63. The zero-order chi connectivity index (χ0) is 16.1. The van der Waals surface area contributed by atoms with Gasteiger partial charge in [0, 0.05) is 19.0 Å². The highest BCUT2D eigenvalue weighted by molar-refractivity contribution is 5.52. The van der Waals surface area contributed by atoms with Crippen LogP contribution in [-0.2, 0) is 6.42 Å². The molecule has 0 unspecified atom stereocenters. The third kappa shape index (κ3) is 2.06. The fourth-order valence-corrected chi connectivity index (χ4v) is 3.91. The molecule has 1 saturated heterocycles. The van der Waals surface area contributed by atoms with Gasteiger partial charge in [-0.15, -0.1) is 10.2 Å². The molecule has 6 heteroatoms. The van der Waals surface area contributed by atoms with Crippen molar-refractivity contribution in [3.8, 4) is 5.75 Å². The highest BCUT2D eigenvalue weighted by atomic mass is 16.5. The van der Waals surface area contributed by atoms with Gasteiger partial charge in [-0.25, -0.2) is 4.98 Å². The summed E-state index contributed by atoms with van der Waals surface area (Å²) < 4.78 is 8.34. The van der Waals surface area contributed by atoms with Crippen molar-refractivity contribution in [2.45, 2.75) is 31.8 Å². The highest BCUT2D eigenvalue weighted by Crippen LogP contribution is 2.39. The van der Waals surface area contributed by atoms with Crippen molar-refractivity contribution in [1.82, 2.24) is 19.6 Å². The minimum Gasteiger partial charge on any atom is -0.485 e. The molecule has 122 valence electrons. The summed E-state index contributed by atoms with van der Waals surface area (Å²) in [7, 11) is 0. The van der Waals surface area contributed by atoms with E-state index in [-0.39, 0.29) is 5.60 Å². The average molecular weight is 321 g/mol. The second kappa shape index (κ2) is 4.93. The van der Waals surface area contributed by atoms with Crippen LogP contribution in [0.2, 0.25) is 0 Å². The van der Waals surface area contributed by atoms with E-state index in [1.165, 1.54) is 5.56 Å². The fourth-order valence-electron chi connectivity index (χ4n) is 3.91. The number of fused-ring (bicyclic) bond motifs is 2. The molecule has 1 fully saturated rings. The van der Waals surface area contributed by atoms with Crippen molar-refractivity contribution in [3.63, 3.8) is 0 Å². The first-order chi connectivity index (χ1) is 11.7. The molecule has 4 heterocycles. The monoisotopic (exact) mass is 321 g/mol. The van der Waals surface area contributed by atoms with Crippen LogP contribution in [-0.4, -0.2) is 38.3 Å². The molecule has 0 amide bonds. The van der Waals surface area contributed by atoms with Crippen molar-refractivity contribution in [3.05, 3.63) is 48.0 Å². The first-order valence-electron chi connectivity index (χ1n) is 8.42. The fraction of sp³-hybridized carbons (Fsp3) is 0.389. The lowest BCUT2D eigenvalue weighted by atomic mass is 9.90. The number of rotatable bonds is 1. The predicted octanol–water partition coefficient (Wildman–Crippen LogP) is 2.41. The molecule has 5 rings (SSSR count). The molecule has 6 nitrogen and oxygen atoms in total. The maximum atomic E-state index is 6.43. The Morgan fingerprint density at radius 1 is 1.21 bits per heavy atom. The zero-order valence-corrected chi connectivity index (χ0v) is 13.6. The first kappa shape index (κ1) is 13.8. The van der Waals surface area contributed by atoms with Crippen LogP contribution in [0, 0.1) is 6.92 Å². The van der Waals surface area contributed by atoms with Crippen LogP contribution in [0.15, 0.2) is 36.7 Å². The molecule has 0 N–H and O–H groups in total. The van der Waals surface area contributed by atoms with Gasteiger partial charge in [-0.1, -0.05) is 18.2 Å². The van der Waals surface area contributed by atoms with E-state index in [4.69, 9.17) is 9.72 Å². The molecule has 0 saturated carbocycles. The van der Waals surface area contributed by atoms with Gasteiger partial charge >= 0.3 is 0 Å². The molecule has 0 radical (unpaired) electrons. The quantitative estimate of drug-likeness (QED) is 0.689. The Bertz CT molecular complexity index is 921. The second-order valence-electron chi connectivity index (χ2n) is 6.79. The van der Waals surface area contributed by atoms with Gasteiger partial charge in [-0.2, -0.15) is 0 Å². The van der Waals surface area contributed by atoms with Crippen LogP contribution < -0.4 is 9.64 Å². The summed E-state index contributed by atoms with van der Waals surface area (Å²) in [6.45, 7) is 3.82. The van der Waals surface area contributed by atoms with E-state index < -0.39 is 0 Å². The van der Waals surface area contributed by atoms with Crippen molar-refractivity contribution >= 4 is 11.5 Å². The number of benzene rings is 1. The van der Waals surface area contributed by atoms with E-state index in [9.17, 15) is 0 Å². The molecule has 0 bridgehead atoms.